The van der Waals surface area contributed by atoms with E-state index in [0.29, 0.717) is 18.0 Å². The van der Waals surface area contributed by atoms with Crippen LogP contribution in [0.2, 0.25) is 5.02 Å². The maximum absolute atomic E-state index is 11.7. The number of aryl methyl sites for hydroxylation is 1. The zero-order valence-corrected chi connectivity index (χ0v) is 11.1. The first kappa shape index (κ1) is 14.0. The molecule has 0 unspecified atom stereocenters. The van der Waals surface area contributed by atoms with Crippen molar-refractivity contribution in [2.24, 2.45) is 7.05 Å². The lowest BCUT2D eigenvalue weighted by Gasteiger charge is -2.01. The lowest BCUT2D eigenvalue weighted by molar-refractivity contribution is -0.111. The van der Waals surface area contributed by atoms with Gasteiger partial charge in [0.25, 0.3) is 5.91 Å². The molecule has 0 radical (unpaired) electrons. The Morgan fingerprint density at radius 2 is 2.12 bits per heavy atom. The number of halogens is 2. The number of nitrogens with zero attached hydrogens (tertiary/aromatic N) is 2. The van der Waals surface area contributed by atoms with Crippen molar-refractivity contribution in [2.75, 3.05) is 6.54 Å². The van der Waals surface area contributed by atoms with Gasteiger partial charge in [0.15, 0.2) is 5.69 Å². The molecule has 5 nitrogen and oxygen atoms in total. The zero-order valence-electron chi connectivity index (χ0n) is 9.59. The van der Waals surface area contributed by atoms with Gasteiger partial charge in [-0.25, -0.2) is 0 Å². The first-order valence-corrected chi connectivity index (χ1v) is 5.84. The number of rotatable bonds is 5. The Kier molecular flexibility index (Phi) is 4.96. The van der Waals surface area contributed by atoms with Crippen molar-refractivity contribution in [3.8, 4) is 0 Å². The molecule has 1 N–H and O–H groups in total. The van der Waals surface area contributed by atoms with E-state index in [-0.39, 0.29) is 18.0 Å². The van der Waals surface area contributed by atoms with Gasteiger partial charge in [-0.1, -0.05) is 11.6 Å². The Labute approximate surface area is 109 Å². The number of hydrogen-bond donors (Lipinski definition) is 1. The molecule has 94 valence electrons. The molecule has 0 aliphatic heterocycles. The Bertz CT molecular complexity index is 443. The summed E-state index contributed by atoms with van der Waals surface area (Å²) in [5.74, 6) is -0.347. The highest BCUT2D eigenvalue weighted by Gasteiger charge is 2.17. The van der Waals surface area contributed by atoms with Gasteiger partial charge in [-0.05, 0) is 24.9 Å². The number of carbonyl (C=O) groups excluding carboxylic acids is 2. The molecule has 1 amide bonds. The van der Waals surface area contributed by atoms with Crippen LogP contribution in [0.25, 0.3) is 0 Å². The summed E-state index contributed by atoms with van der Waals surface area (Å²) in [7, 11) is 1.71. The second kappa shape index (κ2) is 6.02. The average Bonchev–Trinajstić information content (AvgIpc) is 2.52. The normalized spacial score (nSPS) is 10.4. The minimum absolute atomic E-state index is 0.198. The van der Waals surface area contributed by atoms with E-state index in [0.717, 1.165) is 5.69 Å². The van der Waals surface area contributed by atoms with E-state index >= 15 is 0 Å². The summed E-state index contributed by atoms with van der Waals surface area (Å²) in [6.07, 6.45) is 0.730. The third kappa shape index (κ3) is 3.71. The number of carbonyl (C=O) groups is 2. The molecule has 1 heterocycles. The predicted molar refractivity (Wildman–Crippen MR) is 65.4 cm³/mol. The molecule has 17 heavy (non-hydrogen) atoms. The van der Waals surface area contributed by atoms with E-state index in [1.54, 1.807) is 18.7 Å². The van der Waals surface area contributed by atoms with Crippen molar-refractivity contribution in [2.45, 2.75) is 19.8 Å². The second-order valence-electron chi connectivity index (χ2n) is 3.59. The third-order valence-corrected chi connectivity index (χ3v) is 2.95. The van der Waals surface area contributed by atoms with Gasteiger partial charge < -0.3 is 5.32 Å². The quantitative estimate of drug-likeness (QED) is 0.658. The summed E-state index contributed by atoms with van der Waals surface area (Å²) < 4.78 is 1.54. The average molecular weight is 278 g/mol. The minimum Gasteiger partial charge on any atom is -0.351 e. The number of hydrogen-bond acceptors (Lipinski definition) is 3. The zero-order chi connectivity index (χ0) is 13.0. The van der Waals surface area contributed by atoms with Gasteiger partial charge in [0.05, 0.1) is 10.7 Å². The molecule has 0 saturated heterocycles. The minimum atomic E-state index is -0.411. The van der Waals surface area contributed by atoms with Crippen LogP contribution in [0, 0.1) is 6.92 Å². The van der Waals surface area contributed by atoms with E-state index < -0.39 is 5.24 Å². The molecule has 0 atom stereocenters. The van der Waals surface area contributed by atoms with Gasteiger partial charge in [-0.15, -0.1) is 0 Å². The van der Waals surface area contributed by atoms with Crippen molar-refractivity contribution >= 4 is 34.4 Å². The highest BCUT2D eigenvalue weighted by Crippen LogP contribution is 2.18. The van der Waals surface area contributed by atoms with E-state index in [9.17, 15) is 9.59 Å². The topological polar surface area (TPSA) is 64.0 Å². The standard InChI is InChI=1S/C10H13Cl2N3O2/c1-6-8(12)9(14-15(6)2)10(17)13-5-3-4-7(11)16/h3-5H2,1-2H3,(H,13,17). The molecule has 0 aliphatic carbocycles. The summed E-state index contributed by atoms with van der Waals surface area (Å²) in [6, 6.07) is 0. The van der Waals surface area contributed by atoms with Crippen LogP contribution in [0.4, 0.5) is 0 Å². The molecule has 7 heteroatoms. The summed E-state index contributed by atoms with van der Waals surface area (Å²) >= 11 is 11.1. The fourth-order valence-electron chi connectivity index (χ4n) is 1.24. The first-order chi connectivity index (χ1) is 7.93. The van der Waals surface area contributed by atoms with Crippen molar-refractivity contribution < 1.29 is 9.59 Å². The Morgan fingerprint density at radius 1 is 1.47 bits per heavy atom. The molecule has 1 rings (SSSR count). The molecule has 0 saturated carbocycles. The fourth-order valence-corrected chi connectivity index (χ4v) is 1.62. The second-order valence-corrected chi connectivity index (χ2v) is 4.39. The van der Waals surface area contributed by atoms with Crippen LogP contribution in [0.15, 0.2) is 0 Å². The van der Waals surface area contributed by atoms with Gasteiger partial charge in [0.2, 0.25) is 5.24 Å². The van der Waals surface area contributed by atoms with Crippen LogP contribution in [-0.2, 0) is 11.8 Å². The van der Waals surface area contributed by atoms with Gasteiger partial charge in [0, 0.05) is 20.0 Å². The van der Waals surface area contributed by atoms with Crippen LogP contribution in [0.3, 0.4) is 0 Å². The smallest absolute Gasteiger partial charge is 0.273 e. The van der Waals surface area contributed by atoms with Gasteiger partial charge in [-0.2, -0.15) is 5.10 Å². The summed E-state index contributed by atoms with van der Waals surface area (Å²) in [5, 5.41) is 6.56. The van der Waals surface area contributed by atoms with Crippen LogP contribution < -0.4 is 5.32 Å². The SMILES string of the molecule is Cc1c(Cl)c(C(=O)NCCCC(=O)Cl)nn1C. The van der Waals surface area contributed by atoms with Crippen LogP contribution in [0.5, 0.6) is 0 Å². The molecule has 1 aromatic heterocycles. The maximum atomic E-state index is 11.7. The fraction of sp³-hybridized carbons (Fsp3) is 0.500. The number of amides is 1. The third-order valence-electron chi connectivity index (χ3n) is 2.31. The summed E-state index contributed by atoms with van der Waals surface area (Å²) in [4.78, 5) is 22.2. The van der Waals surface area contributed by atoms with Gasteiger partial charge in [0.1, 0.15) is 0 Å². The van der Waals surface area contributed by atoms with Crippen molar-refractivity contribution in [3.05, 3.63) is 16.4 Å². The monoisotopic (exact) mass is 277 g/mol. The van der Waals surface area contributed by atoms with Crippen LogP contribution in [-0.4, -0.2) is 27.5 Å². The molecule has 0 aliphatic rings. The molecule has 1 aromatic rings. The van der Waals surface area contributed by atoms with Gasteiger partial charge >= 0.3 is 0 Å². The van der Waals surface area contributed by atoms with Crippen molar-refractivity contribution in [3.63, 3.8) is 0 Å². The highest BCUT2D eigenvalue weighted by molar-refractivity contribution is 6.63. The van der Waals surface area contributed by atoms with Crippen LogP contribution >= 0.6 is 23.2 Å². The molecule has 0 aromatic carbocycles. The van der Waals surface area contributed by atoms with E-state index in [1.807, 2.05) is 0 Å². The number of nitrogens with one attached hydrogen (secondary N) is 1. The number of aromatic nitrogens is 2. The predicted octanol–water partition coefficient (Wildman–Crippen LogP) is 1.66. The summed E-state index contributed by atoms with van der Waals surface area (Å²) in [6.45, 7) is 2.14. The van der Waals surface area contributed by atoms with Crippen molar-refractivity contribution in [1.29, 1.82) is 0 Å². The molecular weight excluding hydrogens is 265 g/mol. The highest BCUT2D eigenvalue weighted by atomic mass is 35.5. The Balaban J connectivity index is 2.53. The largest absolute Gasteiger partial charge is 0.351 e. The molecule has 0 fully saturated rings. The molecule has 0 bridgehead atoms. The van der Waals surface area contributed by atoms with Crippen molar-refractivity contribution in [1.82, 2.24) is 15.1 Å². The van der Waals surface area contributed by atoms with E-state index in [4.69, 9.17) is 23.2 Å². The first-order valence-electron chi connectivity index (χ1n) is 5.09. The Hall–Kier alpha value is -1.07. The molecule has 0 spiro atoms. The lowest BCUT2D eigenvalue weighted by atomic mass is 10.3. The van der Waals surface area contributed by atoms with Gasteiger partial charge in [-0.3, -0.25) is 14.3 Å². The van der Waals surface area contributed by atoms with E-state index in [2.05, 4.69) is 10.4 Å². The van der Waals surface area contributed by atoms with E-state index in [1.165, 1.54) is 0 Å². The molecular formula is C10H13Cl2N3O2. The Morgan fingerprint density at radius 3 is 2.59 bits per heavy atom. The maximum Gasteiger partial charge on any atom is 0.273 e. The summed E-state index contributed by atoms with van der Waals surface area (Å²) in [5.41, 5.74) is 0.927. The van der Waals surface area contributed by atoms with Crippen LogP contribution in [0.1, 0.15) is 29.0 Å². The lowest BCUT2D eigenvalue weighted by Crippen LogP contribution is -2.25.